The molecule has 0 aromatic rings. The van der Waals surface area contributed by atoms with Crippen molar-refractivity contribution in [2.24, 2.45) is 23.2 Å². The van der Waals surface area contributed by atoms with Crippen LogP contribution >= 0.6 is 0 Å². The topological polar surface area (TPSA) is 131 Å². The van der Waals surface area contributed by atoms with Crippen LogP contribution in [0.5, 0.6) is 0 Å². The molecule has 3 rings (SSSR count). The van der Waals surface area contributed by atoms with E-state index in [4.69, 9.17) is 9.84 Å². The predicted molar refractivity (Wildman–Crippen MR) is 109 cm³/mol. The molecular formula is C22H37NO7. The van der Waals surface area contributed by atoms with Crippen LogP contribution in [0.15, 0.2) is 12.2 Å². The first-order valence-corrected chi connectivity index (χ1v) is 11.0. The minimum atomic E-state index is -1.66. The van der Waals surface area contributed by atoms with Gasteiger partial charge in [0.2, 0.25) is 0 Å². The van der Waals surface area contributed by atoms with Gasteiger partial charge in [0.25, 0.3) is 0 Å². The van der Waals surface area contributed by atoms with Crippen LogP contribution in [0.1, 0.15) is 39.0 Å². The zero-order chi connectivity index (χ0) is 22.2. The Balaban J connectivity index is 1.61. The van der Waals surface area contributed by atoms with Gasteiger partial charge in [0.05, 0.1) is 18.6 Å². The average molecular weight is 428 g/mol. The van der Waals surface area contributed by atoms with Crippen molar-refractivity contribution in [3.05, 3.63) is 12.2 Å². The molecule has 8 heteroatoms. The molecule has 0 radical (unpaired) electrons. The van der Waals surface area contributed by atoms with E-state index in [1.165, 1.54) is 5.57 Å². The summed E-state index contributed by atoms with van der Waals surface area (Å²) in [5.74, 6) is -0.0128. The molecule has 2 aliphatic carbocycles. The molecule has 1 saturated heterocycles. The summed E-state index contributed by atoms with van der Waals surface area (Å²) in [6.45, 7) is 6.25. The standard InChI is InChI=1S/C22H37NO7/c1-12-5-4-6-22(2)8-18-13(7-15(12)22)14(21(29)30-18)9-23(3)10-16(25)19(27)20(28)17(26)11-24/h13-20,24-28H,1,4-11H2,2-3H3/t13-,14-,15+,16+,17+,18-,19+,20+,22-/m1/s1. The lowest BCUT2D eigenvalue weighted by molar-refractivity contribution is -0.146. The normalized spacial score (nSPS) is 37.9. The Morgan fingerprint density at radius 2 is 1.90 bits per heavy atom. The number of allylic oxidation sites excluding steroid dienone is 1. The van der Waals surface area contributed by atoms with E-state index < -0.39 is 31.0 Å². The van der Waals surface area contributed by atoms with Crippen LogP contribution in [-0.2, 0) is 9.53 Å². The van der Waals surface area contributed by atoms with E-state index in [9.17, 15) is 25.2 Å². The van der Waals surface area contributed by atoms with Crippen LogP contribution in [0.2, 0.25) is 0 Å². The van der Waals surface area contributed by atoms with Crippen molar-refractivity contribution in [3.63, 3.8) is 0 Å². The Morgan fingerprint density at radius 1 is 1.23 bits per heavy atom. The molecule has 0 bridgehead atoms. The van der Waals surface area contributed by atoms with Crippen molar-refractivity contribution in [2.75, 3.05) is 26.7 Å². The first-order valence-electron chi connectivity index (χ1n) is 11.0. The highest BCUT2D eigenvalue weighted by Crippen LogP contribution is 2.56. The van der Waals surface area contributed by atoms with E-state index in [0.717, 1.165) is 32.1 Å². The lowest BCUT2D eigenvalue weighted by Gasteiger charge is -2.50. The fraction of sp³-hybridized carbons (Fsp3) is 0.864. The molecule has 1 heterocycles. The quantitative estimate of drug-likeness (QED) is 0.263. The molecule has 0 amide bonds. The number of esters is 1. The largest absolute Gasteiger partial charge is 0.462 e. The van der Waals surface area contributed by atoms with Gasteiger partial charge in [-0.05, 0) is 50.5 Å². The van der Waals surface area contributed by atoms with Gasteiger partial charge in [-0.1, -0.05) is 19.1 Å². The fourth-order valence-electron chi connectivity index (χ4n) is 5.87. The summed E-state index contributed by atoms with van der Waals surface area (Å²) in [6.07, 6.45) is -1.17. The number of carbonyl (C=O) groups excluding carboxylic acids is 1. The van der Waals surface area contributed by atoms with E-state index in [2.05, 4.69) is 13.5 Å². The van der Waals surface area contributed by atoms with Crippen molar-refractivity contribution in [3.8, 4) is 0 Å². The highest BCUT2D eigenvalue weighted by Gasteiger charge is 2.55. The smallest absolute Gasteiger partial charge is 0.310 e. The van der Waals surface area contributed by atoms with Gasteiger partial charge >= 0.3 is 5.97 Å². The molecule has 172 valence electrons. The highest BCUT2D eigenvalue weighted by atomic mass is 16.6. The summed E-state index contributed by atoms with van der Waals surface area (Å²) in [6, 6.07) is 0. The fourth-order valence-corrected chi connectivity index (χ4v) is 5.87. The molecule has 9 atom stereocenters. The number of hydrogen-bond donors (Lipinski definition) is 5. The minimum absolute atomic E-state index is 0.00535. The van der Waals surface area contributed by atoms with E-state index in [-0.39, 0.29) is 35.9 Å². The van der Waals surface area contributed by atoms with Gasteiger partial charge in [0.15, 0.2) is 0 Å². The number of likely N-dealkylation sites (N-methyl/N-ethyl adjacent to an activating group) is 1. The van der Waals surface area contributed by atoms with Crippen LogP contribution in [0.4, 0.5) is 0 Å². The van der Waals surface area contributed by atoms with E-state index in [1.807, 2.05) is 0 Å². The number of aliphatic hydroxyl groups is 5. The third kappa shape index (κ3) is 4.59. The molecule has 0 aromatic heterocycles. The zero-order valence-corrected chi connectivity index (χ0v) is 18.0. The number of hydrogen-bond acceptors (Lipinski definition) is 8. The number of aliphatic hydroxyl groups excluding tert-OH is 5. The first-order chi connectivity index (χ1) is 14.1. The molecule has 1 aliphatic heterocycles. The van der Waals surface area contributed by atoms with E-state index in [0.29, 0.717) is 12.5 Å². The van der Waals surface area contributed by atoms with E-state index >= 15 is 0 Å². The Kier molecular flexibility index (Phi) is 7.26. The number of carbonyl (C=O) groups is 1. The van der Waals surface area contributed by atoms with Gasteiger partial charge in [0.1, 0.15) is 24.4 Å². The maximum absolute atomic E-state index is 12.6. The molecule has 3 aliphatic rings. The maximum atomic E-state index is 12.6. The first kappa shape index (κ1) is 23.6. The molecule has 5 N–H and O–H groups in total. The Morgan fingerprint density at radius 3 is 2.57 bits per heavy atom. The second kappa shape index (κ2) is 9.22. The van der Waals surface area contributed by atoms with Crippen molar-refractivity contribution in [2.45, 2.75) is 69.5 Å². The molecule has 2 saturated carbocycles. The third-order valence-electron chi connectivity index (χ3n) is 7.65. The molecular weight excluding hydrogens is 390 g/mol. The monoisotopic (exact) mass is 427 g/mol. The highest BCUT2D eigenvalue weighted by molar-refractivity contribution is 5.75. The Bertz CT molecular complexity index is 643. The third-order valence-corrected chi connectivity index (χ3v) is 7.65. The second-order valence-electron chi connectivity index (χ2n) is 9.92. The number of rotatable bonds is 8. The lowest BCUT2D eigenvalue weighted by atomic mass is 9.55. The van der Waals surface area contributed by atoms with Gasteiger partial charge in [-0.15, -0.1) is 0 Å². The number of ether oxygens (including phenoxy) is 1. The van der Waals surface area contributed by atoms with Crippen LogP contribution in [0, 0.1) is 23.2 Å². The summed E-state index contributed by atoms with van der Waals surface area (Å²) >= 11 is 0. The molecule has 0 spiro atoms. The van der Waals surface area contributed by atoms with E-state index in [1.54, 1.807) is 11.9 Å². The molecule has 0 aromatic carbocycles. The minimum Gasteiger partial charge on any atom is -0.462 e. The van der Waals surface area contributed by atoms with Crippen molar-refractivity contribution in [1.82, 2.24) is 4.90 Å². The second-order valence-corrected chi connectivity index (χ2v) is 9.92. The lowest BCUT2D eigenvalue weighted by Crippen LogP contribution is -2.50. The molecule has 30 heavy (non-hydrogen) atoms. The van der Waals surface area contributed by atoms with Gasteiger partial charge in [-0.3, -0.25) is 4.79 Å². The van der Waals surface area contributed by atoms with Crippen LogP contribution in [0.25, 0.3) is 0 Å². The van der Waals surface area contributed by atoms with Crippen LogP contribution in [0.3, 0.4) is 0 Å². The van der Waals surface area contributed by atoms with Gasteiger partial charge in [0, 0.05) is 19.0 Å². The summed E-state index contributed by atoms with van der Waals surface area (Å²) in [5, 5.41) is 48.4. The Labute approximate surface area is 178 Å². The summed E-state index contributed by atoms with van der Waals surface area (Å²) in [4.78, 5) is 14.4. The maximum Gasteiger partial charge on any atom is 0.310 e. The average Bonchev–Trinajstić information content (AvgIpc) is 2.98. The summed E-state index contributed by atoms with van der Waals surface area (Å²) < 4.78 is 5.76. The van der Waals surface area contributed by atoms with Gasteiger partial charge in [-0.2, -0.15) is 0 Å². The summed E-state index contributed by atoms with van der Waals surface area (Å²) in [7, 11) is 1.73. The molecule has 8 nitrogen and oxygen atoms in total. The zero-order valence-electron chi connectivity index (χ0n) is 18.0. The van der Waals surface area contributed by atoms with Crippen molar-refractivity contribution >= 4 is 5.97 Å². The predicted octanol–water partition coefficient (Wildman–Crippen LogP) is -0.332. The van der Waals surface area contributed by atoms with Gasteiger partial charge < -0.3 is 35.2 Å². The molecule has 0 unspecified atom stereocenters. The molecule has 3 fully saturated rings. The number of nitrogens with zero attached hydrogens (tertiary/aromatic N) is 1. The van der Waals surface area contributed by atoms with Crippen molar-refractivity contribution in [1.29, 1.82) is 0 Å². The number of fused-ring (bicyclic) bond motifs is 2. The van der Waals surface area contributed by atoms with Crippen LogP contribution < -0.4 is 0 Å². The van der Waals surface area contributed by atoms with Gasteiger partial charge in [-0.25, -0.2) is 0 Å². The SMILES string of the molecule is C=C1CCC[C@]2(C)C[C@H]3OC(=O)[C@H](CN(C)C[C@H](O)[C@H](O)[C@@H](O)[C@@H](O)CO)[C@H]3C[C@@H]12. The summed E-state index contributed by atoms with van der Waals surface area (Å²) in [5.41, 5.74) is 1.42. The van der Waals surface area contributed by atoms with Crippen molar-refractivity contribution < 1.29 is 35.1 Å². The van der Waals surface area contributed by atoms with Crippen LogP contribution in [-0.4, -0.2) is 93.7 Å². The Hall–Kier alpha value is -1.03.